The van der Waals surface area contributed by atoms with Gasteiger partial charge in [0.15, 0.2) is 0 Å². The number of hydrogen-bond acceptors (Lipinski definition) is 8. The summed E-state index contributed by atoms with van der Waals surface area (Å²) >= 11 is 0. The van der Waals surface area contributed by atoms with E-state index in [1.165, 1.54) is 12.1 Å². The summed E-state index contributed by atoms with van der Waals surface area (Å²) in [7, 11) is 0. The quantitative estimate of drug-likeness (QED) is 0.418. The van der Waals surface area contributed by atoms with E-state index in [2.05, 4.69) is 30.3 Å². The molecule has 0 bridgehead atoms. The highest BCUT2D eigenvalue weighted by molar-refractivity contribution is 5.94. The molecule has 0 saturated carbocycles. The van der Waals surface area contributed by atoms with Crippen molar-refractivity contribution in [3.63, 3.8) is 0 Å². The zero-order chi connectivity index (χ0) is 26.0. The molecule has 37 heavy (non-hydrogen) atoms. The first kappa shape index (κ1) is 24.4. The number of amides is 1. The van der Waals surface area contributed by atoms with Crippen molar-refractivity contribution >= 4 is 5.91 Å². The van der Waals surface area contributed by atoms with E-state index in [0.717, 1.165) is 30.8 Å². The number of nitrogens with one attached hydrogen (secondary N) is 1. The topological polar surface area (TPSA) is 111 Å². The minimum Gasteiger partial charge on any atom is -0.406 e. The van der Waals surface area contributed by atoms with E-state index >= 15 is 0 Å². The summed E-state index contributed by atoms with van der Waals surface area (Å²) in [5.41, 5.74) is 1.94. The van der Waals surface area contributed by atoms with Gasteiger partial charge in [-0.15, -0.1) is 18.3 Å². The van der Waals surface area contributed by atoms with Crippen molar-refractivity contribution in [1.82, 2.24) is 35.1 Å². The molecule has 1 aliphatic heterocycles. The third-order valence-electron chi connectivity index (χ3n) is 5.73. The fraction of sp³-hybridized carbons (Fsp3) is 0.292. The van der Waals surface area contributed by atoms with Crippen LogP contribution in [0.1, 0.15) is 21.7 Å². The van der Waals surface area contributed by atoms with E-state index < -0.39 is 6.36 Å². The molecule has 13 heteroatoms. The summed E-state index contributed by atoms with van der Waals surface area (Å²) in [6.45, 7) is 5.06. The third-order valence-corrected chi connectivity index (χ3v) is 5.73. The van der Waals surface area contributed by atoms with Crippen LogP contribution in [0.15, 0.2) is 53.1 Å². The van der Waals surface area contributed by atoms with E-state index in [-0.39, 0.29) is 29.2 Å². The molecule has 10 nitrogen and oxygen atoms in total. The number of nitrogens with zero attached hydrogens (tertiary/aromatic N) is 6. The predicted octanol–water partition coefficient (Wildman–Crippen LogP) is 3.30. The molecule has 3 heterocycles. The average molecular weight is 513 g/mol. The molecule has 1 N–H and O–H groups in total. The first-order valence-electron chi connectivity index (χ1n) is 11.5. The van der Waals surface area contributed by atoms with E-state index in [1.54, 1.807) is 17.7 Å². The normalized spacial score (nSPS) is 14.1. The van der Waals surface area contributed by atoms with Gasteiger partial charge in [-0.25, -0.2) is 9.67 Å². The maximum Gasteiger partial charge on any atom is 0.573 e. The van der Waals surface area contributed by atoms with Gasteiger partial charge in [-0.05, 0) is 48.9 Å². The number of carbonyl (C=O) groups is 1. The Hall–Kier alpha value is -4.26. The molecule has 2 aromatic heterocycles. The molecular weight excluding hydrogens is 491 g/mol. The SMILES string of the molecule is Cc1nc(-c2nc(-c3ccc(OC(F)(F)F)cc3)no2)nn1Cc1cccc(C(=O)N2CCNCC2)c1. The van der Waals surface area contributed by atoms with Gasteiger partial charge in [0.05, 0.1) is 6.54 Å². The Kier molecular flexibility index (Phi) is 6.61. The number of alkyl halides is 3. The molecule has 5 rings (SSSR count). The van der Waals surface area contributed by atoms with Crippen LogP contribution in [0.4, 0.5) is 13.2 Å². The molecule has 0 unspecified atom stereocenters. The third kappa shape index (κ3) is 5.77. The Morgan fingerprint density at radius 2 is 1.84 bits per heavy atom. The molecular formula is C24H22F3N7O3. The second-order valence-electron chi connectivity index (χ2n) is 8.38. The highest BCUT2D eigenvalue weighted by Gasteiger charge is 2.31. The summed E-state index contributed by atoms with van der Waals surface area (Å²) in [5.74, 6) is 0.686. The van der Waals surface area contributed by atoms with E-state index in [9.17, 15) is 18.0 Å². The average Bonchev–Trinajstić information content (AvgIpc) is 3.51. The first-order valence-corrected chi connectivity index (χ1v) is 11.5. The molecule has 1 fully saturated rings. The highest BCUT2D eigenvalue weighted by atomic mass is 19.4. The maximum atomic E-state index is 12.8. The van der Waals surface area contributed by atoms with Crippen molar-refractivity contribution in [3.8, 4) is 28.9 Å². The van der Waals surface area contributed by atoms with E-state index in [1.807, 2.05) is 23.1 Å². The van der Waals surface area contributed by atoms with Crippen LogP contribution in [0, 0.1) is 6.92 Å². The summed E-state index contributed by atoms with van der Waals surface area (Å²) in [4.78, 5) is 23.3. The van der Waals surface area contributed by atoms with Crippen LogP contribution in [-0.2, 0) is 6.54 Å². The summed E-state index contributed by atoms with van der Waals surface area (Å²) in [6.07, 6.45) is -4.77. The molecule has 0 aliphatic carbocycles. The lowest BCUT2D eigenvalue weighted by Crippen LogP contribution is -2.46. The molecule has 0 radical (unpaired) electrons. The van der Waals surface area contributed by atoms with Crippen molar-refractivity contribution in [1.29, 1.82) is 0 Å². The predicted molar refractivity (Wildman–Crippen MR) is 124 cm³/mol. The lowest BCUT2D eigenvalue weighted by molar-refractivity contribution is -0.274. The van der Waals surface area contributed by atoms with Gasteiger partial charge in [-0.2, -0.15) is 4.98 Å². The number of rotatable bonds is 6. The zero-order valence-electron chi connectivity index (χ0n) is 19.7. The van der Waals surface area contributed by atoms with E-state index in [4.69, 9.17) is 4.52 Å². The second kappa shape index (κ2) is 10.0. The molecule has 0 atom stereocenters. The van der Waals surface area contributed by atoms with Crippen LogP contribution < -0.4 is 10.1 Å². The lowest BCUT2D eigenvalue weighted by Gasteiger charge is -2.27. The number of aromatic nitrogens is 5. The maximum absolute atomic E-state index is 12.8. The Balaban J connectivity index is 1.30. The van der Waals surface area contributed by atoms with Gasteiger partial charge < -0.3 is 19.5 Å². The molecule has 192 valence electrons. The Morgan fingerprint density at radius 1 is 1.08 bits per heavy atom. The number of benzene rings is 2. The number of ether oxygens (including phenoxy) is 1. The molecule has 2 aromatic carbocycles. The van der Waals surface area contributed by atoms with Crippen molar-refractivity contribution < 1.29 is 27.2 Å². The standard InChI is InChI=1S/C24H22F3N7O3/c1-15-29-21(22-30-20(32-37-22)17-5-7-19(8-6-17)36-24(25,26)27)31-34(15)14-16-3-2-4-18(13-16)23(35)33-11-9-28-10-12-33/h2-8,13,28H,9-12,14H2,1H3. The highest BCUT2D eigenvalue weighted by Crippen LogP contribution is 2.26. The molecule has 1 saturated heterocycles. The van der Waals surface area contributed by atoms with Crippen molar-refractivity contribution in [2.75, 3.05) is 26.2 Å². The van der Waals surface area contributed by atoms with Crippen LogP contribution in [0.25, 0.3) is 23.1 Å². The first-order chi connectivity index (χ1) is 17.7. The van der Waals surface area contributed by atoms with Crippen LogP contribution in [0.5, 0.6) is 5.75 Å². The number of carbonyl (C=O) groups excluding carboxylic acids is 1. The van der Waals surface area contributed by atoms with Crippen LogP contribution in [0.2, 0.25) is 0 Å². The minimum atomic E-state index is -4.77. The fourth-order valence-corrected chi connectivity index (χ4v) is 3.92. The Bertz CT molecular complexity index is 1390. The number of halogens is 3. The fourth-order valence-electron chi connectivity index (χ4n) is 3.92. The monoisotopic (exact) mass is 513 g/mol. The van der Waals surface area contributed by atoms with Crippen molar-refractivity contribution in [2.45, 2.75) is 19.8 Å². The van der Waals surface area contributed by atoms with Gasteiger partial charge in [0, 0.05) is 37.3 Å². The Labute approximate surface area is 209 Å². The molecule has 1 amide bonds. The van der Waals surface area contributed by atoms with Crippen molar-refractivity contribution in [3.05, 3.63) is 65.5 Å². The number of piperazine rings is 1. The van der Waals surface area contributed by atoms with Gasteiger partial charge >= 0.3 is 6.36 Å². The van der Waals surface area contributed by atoms with Crippen LogP contribution in [0.3, 0.4) is 0 Å². The van der Waals surface area contributed by atoms with Gasteiger partial charge in [0.1, 0.15) is 11.6 Å². The van der Waals surface area contributed by atoms with Crippen LogP contribution in [-0.4, -0.2) is 68.3 Å². The zero-order valence-corrected chi connectivity index (χ0v) is 19.7. The van der Waals surface area contributed by atoms with Crippen LogP contribution >= 0.6 is 0 Å². The second-order valence-corrected chi connectivity index (χ2v) is 8.38. The summed E-state index contributed by atoms with van der Waals surface area (Å²) in [6, 6.07) is 12.5. The number of aryl methyl sites for hydroxylation is 1. The minimum absolute atomic E-state index is 0.00394. The Morgan fingerprint density at radius 3 is 2.57 bits per heavy atom. The van der Waals surface area contributed by atoms with Crippen molar-refractivity contribution in [2.24, 2.45) is 0 Å². The largest absolute Gasteiger partial charge is 0.573 e. The van der Waals surface area contributed by atoms with Gasteiger partial charge in [-0.1, -0.05) is 17.3 Å². The smallest absolute Gasteiger partial charge is 0.406 e. The summed E-state index contributed by atoms with van der Waals surface area (Å²) < 4.78 is 47.9. The molecule has 0 spiro atoms. The molecule has 4 aromatic rings. The van der Waals surface area contributed by atoms with Gasteiger partial charge in [0.2, 0.25) is 11.6 Å². The van der Waals surface area contributed by atoms with Gasteiger partial charge in [-0.3, -0.25) is 4.79 Å². The summed E-state index contributed by atoms with van der Waals surface area (Å²) in [5, 5.41) is 11.6. The molecule has 1 aliphatic rings. The van der Waals surface area contributed by atoms with Gasteiger partial charge in [0.25, 0.3) is 11.8 Å². The number of hydrogen-bond donors (Lipinski definition) is 1. The van der Waals surface area contributed by atoms with E-state index in [0.29, 0.717) is 36.6 Å². The lowest BCUT2D eigenvalue weighted by atomic mass is 10.1.